The van der Waals surface area contributed by atoms with Crippen LogP contribution < -0.4 is 10.1 Å². The zero-order chi connectivity index (χ0) is 20.2. The minimum atomic E-state index is -0.185. The van der Waals surface area contributed by atoms with Crippen molar-refractivity contribution in [2.24, 2.45) is 0 Å². The lowest BCUT2D eigenvalue weighted by molar-refractivity contribution is -0.128. The van der Waals surface area contributed by atoms with Gasteiger partial charge in [-0.3, -0.25) is 9.59 Å². The maximum Gasteiger partial charge on any atom is 0.256 e. The summed E-state index contributed by atoms with van der Waals surface area (Å²) in [5.41, 5.74) is 1.53. The van der Waals surface area contributed by atoms with Gasteiger partial charge >= 0.3 is 0 Å². The first kappa shape index (κ1) is 19.2. The molecule has 0 unspecified atom stereocenters. The van der Waals surface area contributed by atoms with Gasteiger partial charge in [-0.15, -0.1) is 0 Å². The molecule has 1 N–H and O–H groups in total. The summed E-state index contributed by atoms with van der Waals surface area (Å²) in [6.07, 6.45) is 8.43. The van der Waals surface area contributed by atoms with Gasteiger partial charge in [0.2, 0.25) is 5.91 Å². The number of anilines is 1. The predicted molar refractivity (Wildman–Crippen MR) is 110 cm³/mol. The van der Waals surface area contributed by atoms with Crippen molar-refractivity contribution in [3.8, 4) is 5.75 Å². The number of rotatable bonds is 5. The largest absolute Gasteiger partial charge is 0.497 e. The number of methoxy groups -OCH3 is 1. The summed E-state index contributed by atoms with van der Waals surface area (Å²) in [5.74, 6) is 1.39. The molecule has 2 amide bonds. The van der Waals surface area contributed by atoms with E-state index in [0.717, 1.165) is 37.7 Å². The molecular weight excluding hydrogens is 368 g/mol. The van der Waals surface area contributed by atoms with Crippen LogP contribution in [0.3, 0.4) is 0 Å². The molecule has 0 atom stereocenters. The molecule has 0 spiro atoms. The third kappa shape index (κ3) is 4.18. The molecule has 1 aliphatic heterocycles. The van der Waals surface area contributed by atoms with Crippen LogP contribution in [0.25, 0.3) is 0 Å². The fourth-order valence-electron chi connectivity index (χ4n) is 4.02. The molecule has 1 saturated heterocycles. The van der Waals surface area contributed by atoms with E-state index in [4.69, 9.17) is 4.74 Å². The molecule has 4 rings (SSSR count). The summed E-state index contributed by atoms with van der Waals surface area (Å²) in [5, 5.41) is 7.38. The molecule has 2 aromatic rings. The summed E-state index contributed by atoms with van der Waals surface area (Å²) < 4.78 is 7.01. The Bertz CT molecular complexity index is 908. The molecule has 1 aromatic heterocycles. The monoisotopic (exact) mass is 394 g/mol. The topological polar surface area (TPSA) is 76.5 Å². The van der Waals surface area contributed by atoms with Crippen molar-refractivity contribution in [2.75, 3.05) is 25.5 Å². The summed E-state index contributed by atoms with van der Waals surface area (Å²) in [6.45, 7) is 1.43. The average molecular weight is 394 g/mol. The number of nitrogens with one attached hydrogen (secondary N) is 1. The highest BCUT2D eigenvalue weighted by molar-refractivity contribution is 6.03. The SMILES string of the molecule is COc1ccc(C(=O)Nc2ccnn2C2CCN(C(=O)C3=CCCC3)CC2)cc1. The van der Waals surface area contributed by atoms with Crippen molar-refractivity contribution in [2.45, 2.75) is 38.1 Å². The quantitative estimate of drug-likeness (QED) is 0.843. The molecule has 2 heterocycles. The number of benzene rings is 1. The van der Waals surface area contributed by atoms with Gasteiger partial charge in [-0.25, -0.2) is 4.68 Å². The molecule has 0 saturated carbocycles. The number of allylic oxidation sites excluding steroid dienone is 1. The van der Waals surface area contributed by atoms with Crippen LogP contribution in [0.15, 0.2) is 48.2 Å². The smallest absolute Gasteiger partial charge is 0.256 e. The van der Waals surface area contributed by atoms with Gasteiger partial charge in [0.25, 0.3) is 5.91 Å². The van der Waals surface area contributed by atoms with E-state index < -0.39 is 0 Å². The standard InChI is InChI=1S/C22H26N4O3/c1-29-19-8-6-16(7-9-19)21(27)24-20-10-13-23-26(20)18-11-14-25(15-12-18)22(28)17-4-2-3-5-17/h4,6-10,13,18H,2-3,5,11-12,14-15H2,1H3,(H,24,27). The van der Waals surface area contributed by atoms with Gasteiger partial charge in [-0.2, -0.15) is 5.10 Å². The Morgan fingerprint density at radius 2 is 1.90 bits per heavy atom. The molecule has 0 bridgehead atoms. The van der Waals surface area contributed by atoms with Crippen LogP contribution in [0.4, 0.5) is 5.82 Å². The molecule has 7 heteroatoms. The molecule has 1 fully saturated rings. The predicted octanol–water partition coefficient (Wildman–Crippen LogP) is 3.42. The minimum absolute atomic E-state index is 0.165. The van der Waals surface area contributed by atoms with Crippen LogP contribution in [-0.4, -0.2) is 46.7 Å². The highest BCUT2D eigenvalue weighted by atomic mass is 16.5. The number of likely N-dealkylation sites (tertiary alicyclic amines) is 1. The van der Waals surface area contributed by atoms with Crippen LogP contribution in [0, 0.1) is 0 Å². The number of nitrogens with zero attached hydrogens (tertiary/aromatic N) is 3. The van der Waals surface area contributed by atoms with Crippen molar-refractivity contribution >= 4 is 17.6 Å². The molecule has 2 aliphatic rings. The van der Waals surface area contributed by atoms with Crippen LogP contribution in [0.5, 0.6) is 5.75 Å². The van der Waals surface area contributed by atoms with Crippen LogP contribution in [-0.2, 0) is 4.79 Å². The van der Waals surface area contributed by atoms with E-state index in [1.54, 1.807) is 37.6 Å². The van der Waals surface area contributed by atoms with Crippen LogP contribution in [0.1, 0.15) is 48.5 Å². The number of piperidine rings is 1. The Kier molecular flexibility index (Phi) is 5.64. The van der Waals surface area contributed by atoms with Crippen molar-refractivity contribution in [1.29, 1.82) is 0 Å². The zero-order valence-electron chi connectivity index (χ0n) is 16.6. The third-order valence-corrected chi connectivity index (χ3v) is 5.68. The first-order valence-electron chi connectivity index (χ1n) is 10.1. The molecule has 7 nitrogen and oxygen atoms in total. The van der Waals surface area contributed by atoms with E-state index in [1.165, 1.54) is 0 Å². The van der Waals surface area contributed by atoms with Crippen molar-refractivity contribution in [1.82, 2.24) is 14.7 Å². The van der Waals surface area contributed by atoms with E-state index >= 15 is 0 Å². The Labute approximate surface area is 170 Å². The lowest BCUT2D eigenvalue weighted by Gasteiger charge is -2.33. The minimum Gasteiger partial charge on any atom is -0.497 e. The Balaban J connectivity index is 1.38. The molecule has 1 aromatic carbocycles. The van der Waals surface area contributed by atoms with Gasteiger partial charge < -0.3 is 15.0 Å². The fraction of sp³-hybridized carbons (Fsp3) is 0.409. The number of hydrogen-bond donors (Lipinski definition) is 1. The molecule has 1 aliphatic carbocycles. The van der Waals surface area contributed by atoms with E-state index in [2.05, 4.69) is 16.5 Å². The Morgan fingerprint density at radius 1 is 1.14 bits per heavy atom. The second kappa shape index (κ2) is 8.51. The van der Waals surface area contributed by atoms with E-state index in [1.807, 2.05) is 15.6 Å². The summed E-state index contributed by atoms with van der Waals surface area (Å²) in [4.78, 5) is 27.1. The van der Waals surface area contributed by atoms with Crippen molar-refractivity contribution in [3.05, 3.63) is 53.7 Å². The maximum atomic E-state index is 12.6. The second-order valence-electron chi connectivity index (χ2n) is 7.49. The van der Waals surface area contributed by atoms with E-state index in [9.17, 15) is 9.59 Å². The highest BCUT2D eigenvalue weighted by Crippen LogP contribution is 2.28. The lowest BCUT2D eigenvalue weighted by Crippen LogP contribution is -2.40. The molecule has 29 heavy (non-hydrogen) atoms. The number of hydrogen-bond acceptors (Lipinski definition) is 4. The highest BCUT2D eigenvalue weighted by Gasteiger charge is 2.27. The number of aromatic nitrogens is 2. The molecule has 0 radical (unpaired) electrons. The van der Waals surface area contributed by atoms with Crippen LogP contribution in [0.2, 0.25) is 0 Å². The van der Waals surface area contributed by atoms with Gasteiger partial charge in [0.1, 0.15) is 11.6 Å². The van der Waals surface area contributed by atoms with Gasteiger partial charge in [0.05, 0.1) is 19.3 Å². The summed E-state index contributed by atoms with van der Waals surface area (Å²) in [6, 6.07) is 8.96. The number of carbonyl (C=O) groups is 2. The van der Waals surface area contributed by atoms with Crippen molar-refractivity contribution < 1.29 is 14.3 Å². The van der Waals surface area contributed by atoms with Crippen LogP contribution >= 0.6 is 0 Å². The molecule has 152 valence electrons. The zero-order valence-corrected chi connectivity index (χ0v) is 16.6. The van der Waals surface area contributed by atoms with Gasteiger partial charge in [0, 0.05) is 30.3 Å². The summed E-state index contributed by atoms with van der Waals surface area (Å²) >= 11 is 0. The first-order valence-corrected chi connectivity index (χ1v) is 10.1. The number of carbonyl (C=O) groups excluding carboxylic acids is 2. The Hall–Kier alpha value is -3.09. The maximum absolute atomic E-state index is 12.6. The number of ether oxygens (including phenoxy) is 1. The lowest BCUT2D eigenvalue weighted by atomic mass is 10.0. The number of amides is 2. The van der Waals surface area contributed by atoms with Gasteiger partial charge in [0.15, 0.2) is 0 Å². The normalized spacial score (nSPS) is 17.1. The van der Waals surface area contributed by atoms with Gasteiger partial charge in [-0.1, -0.05) is 6.08 Å². The fourth-order valence-corrected chi connectivity index (χ4v) is 4.02. The van der Waals surface area contributed by atoms with Crippen molar-refractivity contribution in [3.63, 3.8) is 0 Å². The van der Waals surface area contributed by atoms with E-state index in [0.29, 0.717) is 30.2 Å². The van der Waals surface area contributed by atoms with Gasteiger partial charge in [-0.05, 0) is 56.4 Å². The first-order chi connectivity index (χ1) is 14.2. The third-order valence-electron chi connectivity index (χ3n) is 5.68. The van der Waals surface area contributed by atoms with E-state index in [-0.39, 0.29) is 17.9 Å². The summed E-state index contributed by atoms with van der Waals surface area (Å²) in [7, 11) is 1.59. The molecular formula is C22H26N4O3. The second-order valence-corrected chi connectivity index (χ2v) is 7.49. The average Bonchev–Trinajstić information content (AvgIpc) is 3.46. The Morgan fingerprint density at radius 3 is 2.55 bits per heavy atom.